The van der Waals surface area contributed by atoms with E-state index in [0.717, 1.165) is 0 Å². The lowest BCUT2D eigenvalue weighted by atomic mass is 10.1. The van der Waals surface area contributed by atoms with Gasteiger partial charge in [0.25, 0.3) is 11.6 Å². The van der Waals surface area contributed by atoms with Crippen molar-refractivity contribution in [2.24, 2.45) is 5.73 Å². The van der Waals surface area contributed by atoms with Gasteiger partial charge in [-0.3, -0.25) is 14.9 Å². The van der Waals surface area contributed by atoms with Crippen LogP contribution in [0.25, 0.3) is 0 Å². The fraction of sp³-hybridized carbons (Fsp3) is 0.0667. The predicted octanol–water partition coefficient (Wildman–Crippen LogP) is 2.65. The molecule has 2 aromatic rings. The van der Waals surface area contributed by atoms with Gasteiger partial charge in [0.15, 0.2) is 0 Å². The second-order valence-electron chi connectivity index (χ2n) is 4.78. The van der Waals surface area contributed by atoms with Crippen molar-refractivity contribution in [2.75, 3.05) is 10.6 Å². The van der Waals surface area contributed by atoms with Gasteiger partial charge < -0.3 is 16.4 Å². The molecular weight excluding hydrogens is 300 g/mol. The summed E-state index contributed by atoms with van der Waals surface area (Å²) in [5, 5.41) is 15.8. The molecule has 0 radical (unpaired) electrons. The van der Waals surface area contributed by atoms with Crippen LogP contribution in [-0.2, 0) is 0 Å². The van der Waals surface area contributed by atoms with Crippen molar-refractivity contribution in [3.63, 3.8) is 0 Å². The second kappa shape index (κ2) is 6.56. The molecule has 3 amide bonds. The number of aryl methyl sites for hydroxylation is 1. The zero-order chi connectivity index (χ0) is 17.0. The first-order chi connectivity index (χ1) is 10.9. The normalized spacial score (nSPS) is 9.96. The highest BCUT2D eigenvalue weighted by Gasteiger charge is 2.12. The SMILES string of the molecule is Cc1ccc([N+](=O)[O-])cc1NC(=O)c1ccc(NC(N)=O)cc1. The number of benzene rings is 2. The summed E-state index contributed by atoms with van der Waals surface area (Å²) in [6.45, 7) is 1.74. The number of hydrogen-bond acceptors (Lipinski definition) is 4. The summed E-state index contributed by atoms with van der Waals surface area (Å²) in [6.07, 6.45) is 0. The van der Waals surface area contributed by atoms with Crippen LogP contribution in [0.1, 0.15) is 15.9 Å². The molecule has 0 heterocycles. The summed E-state index contributed by atoms with van der Waals surface area (Å²) in [5.41, 5.74) is 6.76. The van der Waals surface area contributed by atoms with E-state index in [9.17, 15) is 19.7 Å². The van der Waals surface area contributed by atoms with Crippen molar-refractivity contribution in [3.8, 4) is 0 Å². The van der Waals surface area contributed by atoms with E-state index in [-0.39, 0.29) is 5.69 Å². The van der Waals surface area contributed by atoms with Crippen molar-refractivity contribution < 1.29 is 14.5 Å². The Kier molecular flexibility index (Phi) is 4.55. The van der Waals surface area contributed by atoms with Crippen LogP contribution < -0.4 is 16.4 Å². The van der Waals surface area contributed by atoms with Crippen LogP contribution in [0.5, 0.6) is 0 Å². The molecule has 0 unspecified atom stereocenters. The topological polar surface area (TPSA) is 127 Å². The summed E-state index contributed by atoms with van der Waals surface area (Å²) in [6, 6.07) is 9.61. The summed E-state index contributed by atoms with van der Waals surface area (Å²) in [5.74, 6) is -0.417. The molecule has 0 atom stereocenters. The first-order valence-corrected chi connectivity index (χ1v) is 6.60. The van der Waals surface area contributed by atoms with Gasteiger partial charge in [0.05, 0.1) is 10.6 Å². The molecule has 0 bridgehead atoms. The first-order valence-electron chi connectivity index (χ1n) is 6.60. The number of carbonyl (C=O) groups is 2. The molecule has 8 heteroatoms. The van der Waals surface area contributed by atoms with Crippen LogP contribution in [0.4, 0.5) is 21.9 Å². The van der Waals surface area contributed by atoms with Gasteiger partial charge in [-0.05, 0) is 36.8 Å². The molecule has 8 nitrogen and oxygen atoms in total. The van der Waals surface area contributed by atoms with E-state index in [1.165, 1.54) is 36.4 Å². The largest absolute Gasteiger partial charge is 0.351 e. The van der Waals surface area contributed by atoms with Crippen LogP contribution in [0, 0.1) is 17.0 Å². The second-order valence-corrected chi connectivity index (χ2v) is 4.78. The standard InChI is InChI=1S/C15H14N4O4/c1-9-2-7-12(19(22)23)8-13(9)18-14(20)10-3-5-11(6-4-10)17-15(16)21/h2-8H,1H3,(H,18,20)(H3,16,17,21). The van der Waals surface area contributed by atoms with Gasteiger partial charge in [0.1, 0.15) is 0 Å². The minimum atomic E-state index is -0.700. The zero-order valence-electron chi connectivity index (χ0n) is 12.2. The zero-order valence-corrected chi connectivity index (χ0v) is 12.2. The summed E-state index contributed by atoms with van der Waals surface area (Å²) < 4.78 is 0. The Bertz CT molecular complexity index is 772. The number of carbonyl (C=O) groups excluding carboxylic acids is 2. The average molecular weight is 314 g/mol. The third kappa shape index (κ3) is 4.03. The number of nitro benzene ring substituents is 1. The average Bonchev–Trinajstić information content (AvgIpc) is 2.49. The Hall–Kier alpha value is -3.42. The number of nitrogens with one attached hydrogen (secondary N) is 2. The summed E-state index contributed by atoms with van der Waals surface area (Å²) in [7, 11) is 0. The fourth-order valence-electron chi connectivity index (χ4n) is 1.90. The molecule has 0 saturated heterocycles. The molecule has 0 aliphatic carbocycles. The summed E-state index contributed by atoms with van der Waals surface area (Å²) >= 11 is 0. The lowest BCUT2D eigenvalue weighted by molar-refractivity contribution is -0.384. The number of primary amides is 1. The third-order valence-corrected chi connectivity index (χ3v) is 3.09. The van der Waals surface area contributed by atoms with E-state index in [1.54, 1.807) is 13.0 Å². The monoisotopic (exact) mass is 314 g/mol. The Morgan fingerprint density at radius 1 is 1.09 bits per heavy atom. The number of hydrogen-bond donors (Lipinski definition) is 3. The van der Waals surface area contributed by atoms with Crippen molar-refractivity contribution in [1.82, 2.24) is 0 Å². The molecule has 0 aromatic heterocycles. The maximum absolute atomic E-state index is 12.2. The molecule has 0 saturated carbocycles. The maximum atomic E-state index is 12.2. The van der Waals surface area contributed by atoms with Gasteiger partial charge in [-0.2, -0.15) is 0 Å². The maximum Gasteiger partial charge on any atom is 0.316 e. The highest BCUT2D eigenvalue weighted by molar-refractivity contribution is 6.05. The summed E-state index contributed by atoms with van der Waals surface area (Å²) in [4.78, 5) is 33.2. The van der Waals surface area contributed by atoms with Gasteiger partial charge in [0.2, 0.25) is 0 Å². The molecule has 2 aromatic carbocycles. The number of non-ortho nitro benzene ring substituents is 1. The van der Waals surface area contributed by atoms with E-state index >= 15 is 0 Å². The van der Waals surface area contributed by atoms with Crippen molar-refractivity contribution in [1.29, 1.82) is 0 Å². The first kappa shape index (κ1) is 16.0. The van der Waals surface area contributed by atoms with E-state index in [1.807, 2.05) is 0 Å². The Balaban J connectivity index is 2.17. The molecular formula is C15H14N4O4. The minimum Gasteiger partial charge on any atom is -0.351 e. The van der Waals surface area contributed by atoms with Gasteiger partial charge >= 0.3 is 6.03 Å². The predicted molar refractivity (Wildman–Crippen MR) is 85.4 cm³/mol. The highest BCUT2D eigenvalue weighted by Crippen LogP contribution is 2.22. The molecule has 4 N–H and O–H groups in total. The van der Waals surface area contributed by atoms with Crippen LogP contribution in [0.2, 0.25) is 0 Å². The number of urea groups is 1. The fourth-order valence-corrected chi connectivity index (χ4v) is 1.90. The molecule has 118 valence electrons. The number of nitrogens with zero attached hydrogens (tertiary/aromatic N) is 1. The van der Waals surface area contributed by atoms with Gasteiger partial charge in [0, 0.05) is 23.4 Å². The molecule has 0 aliphatic rings. The van der Waals surface area contributed by atoms with E-state index in [2.05, 4.69) is 10.6 Å². The van der Waals surface area contributed by atoms with E-state index in [4.69, 9.17) is 5.73 Å². The lowest BCUT2D eigenvalue weighted by Gasteiger charge is -2.09. The highest BCUT2D eigenvalue weighted by atomic mass is 16.6. The van der Waals surface area contributed by atoms with Crippen molar-refractivity contribution in [3.05, 3.63) is 63.7 Å². The van der Waals surface area contributed by atoms with Crippen LogP contribution in [0.15, 0.2) is 42.5 Å². The van der Waals surface area contributed by atoms with E-state index < -0.39 is 16.9 Å². The molecule has 0 spiro atoms. The smallest absolute Gasteiger partial charge is 0.316 e. The number of nitrogens with two attached hydrogens (primary N) is 1. The van der Waals surface area contributed by atoms with Crippen LogP contribution in [0.3, 0.4) is 0 Å². The minimum absolute atomic E-state index is 0.105. The number of rotatable bonds is 4. The molecule has 23 heavy (non-hydrogen) atoms. The van der Waals surface area contributed by atoms with Gasteiger partial charge in [-0.1, -0.05) is 6.07 Å². The van der Waals surface area contributed by atoms with Crippen LogP contribution in [-0.4, -0.2) is 16.9 Å². The third-order valence-electron chi connectivity index (χ3n) is 3.09. The lowest BCUT2D eigenvalue weighted by Crippen LogP contribution is -2.19. The van der Waals surface area contributed by atoms with Gasteiger partial charge in [-0.15, -0.1) is 0 Å². The molecule has 2 rings (SSSR count). The van der Waals surface area contributed by atoms with E-state index in [0.29, 0.717) is 22.5 Å². The number of amides is 3. The van der Waals surface area contributed by atoms with Gasteiger partial charge in [-0.25, -0.2) is 4.79 Å². The Labute approximate surface area is 131 Å². The van der Waals surface area contributed by atoms with Crippen molar-refractivity contribution in [2.45, 2.75) is 6.92 Å². The molecule has 0 aliphatic heterocycles. The van der Waals surface area contributed by atoms with Crippen molar-refractivity contribution >= 4 is 29.0 Å². The number of anilines is 2. The Morgan fingerprint density at radius 3 is 2.30 bits per heavy atom. The Morgan fingerprint density at radius 2 is 1.74 bits per heavy atom. The quantitative estimate of drug-likeness (QED) is 0.592. The number of nitro groups is 1. The molecule has 0 fully saturated rings. The van der Waals surface area contributed by atoms with Crippen LogP contribution >= 0.6 is 0 Å².